The second kappa shape index (κ2) is 15.3. The van der Waals surface area contributed by atoms with Crippen molar-refractivity contribution in [3.05, 3.63) is 180 Å². The van der Waals surface area contributed by atoms with Crippen molar-refractivity contribution in [2.75, 3.05) is 0 Å². The first-order chi connectivity index (χ1) is 22.0. The maximum atomic E-state index is 8.54. The summed E-state index contributed by atoms with van der Waals surface area (Å²) in [5.41, 5.74) is 6.99. The maximum Gasteiger partial charge on any atom is 0.0366 e. The molecule has 4 aromatic carbocycles. The number of rotatable bonds is 6. The van der Waals surface area contributed by atoms with E-state index in [1.54, 1.807) is 36.7 Å². The normalized spacial score (nSPS) is 12.7. The van der Waals surface area contributed by atoms with Crippen LogP contribution in [0.25, 0.3) is 22.5 Å². The van der Waals surface area contributed by atoms with Gasteiger partial charge in [-0.2, -0.15) is 0 Å². The molecule has 0 unspecified atom stereocenters. The molecule has 2 heterocycles. The van der Waals surface area contributed by atoms with E-state index in [1.807, 2.05) is 91.0 Å². The first-order valence-corrected chi connectivity index (χ1v) is 14.0. The van der Waals surface area contributed by atoms with Crippen molar-refractivity contribution in [3.8, 4) is 22.5 Å². The van der Waals surface area contributed by atoms with Gasteiger partial charge in [0.05, 0.1) is 0 Å². The van der Waals surface area contributed by atoms with Gasteiger partial charge in [0.1, 0.15) is 0 Å². The molecule has 6 aromatic rings. The van der Waals surface area contributed by atoms with E-state index in [4.69, 9.17) is 5.48 Å². The van der Waals surface area contributed by atoms with Gasteiger partial charge in [-0.1, -0.05) is 99.6 Å². The minimum absolute atomic E-state index is 0. The fourth-order valence-electron chi connectivity index (χ4n) is 4.29. The van der Waals surface area contributed by atoms with Crippen LogP contribution in [0.4, 0.5) is 0 Å². The molecule has 0 bridgehead atoms. The van der Waals surface area contributed by atoms with Crippen LogP contribution in [0, 0.1) is 12.1 Å². The summed E-state index contributed by atoms with van der Waals surface area (Å²) < 4.78 is 33.7. The molecular weight excluding hydrogens is 701 g/mol. The largest absolute Gasteiger partial charge is 0.305 e. The quantitative estimate of drug-likeness (QED) is 0.159. The number of aromatic nitrogens is 2. The molecule has 0 N–H and O–H groups in total. The van der Waals surface area contributed by atoms with Crippen LogP contribution in [0.5, 0.6) is 0 Å². The van der Waals surface area contributed by atoms with Gasteiger partial charge in [0.2, 0.25) is 0 Å². The average Bonchev–Trinajstić information content (AvgIpc) is 3.09. The average molecular weight is 741 g/mol. The minimum Gasteiger partial charge on any atom is -0.305 e. The molecule has 43 heavy (non-hydrogen) atoms. The molecule has 1 radical (unpaired) electrons. The zero-order valence-corrected chi connectivity index (χ0v) is 26.9. The van der Waals surface area contributed by atoms with Crippen molar-refractivity contribution in [1.29, 1.82) is 0 Å². The molecule has 0 saturated carbocycles. The van der Waals surface area contributed by atoms with Gasteiger partial charge < -0.3 is 9.97 Å². The first kappa shape index (κ1) is 26.5. The van der Waals surface area contributed by atoms with Crippen LogP contribution < -0.4 is 0 Å². The Morgan fingerprint density at radius 1 is 0.581 bits per heavy atom. The van der Waals surface area contributed by atoms with Crippen LogP contribution >= 0.6 is 0 Å². The van der Waals surface area contributed by atoms with Gasteiger partial charge >= 0.3 is 0 Å². The van der Waals surface area contributed by atoms with Crippen molar-refractivity contribution < 1.29 is 25.6 Å². The summed E-state index contributed by atoms with van der Waals surface area (Å²) in [6.07, 6.45) is 0.153. The Bertz CT molecular complexity index is 1860. The number of hydrogen-bond acceptors (Lipinski definition) is 2. The van der Waals surface area contributed by atoms with Crippen molar-refractivity contribution >= 4 is 0 Å². The smallest absolute Gasteiger partial charge is 0.0366 e. The van der Waals surface area contributed by atoms with Gasteiger partial charge in [-0.3, -0.25) is 0 Å². The summed E-state index contributed by atoms with van der Waals surface area (Å²) in [6, 6.07) is 45.6. The SMILES string of the molecule is [2H]C([2H])(c1ccccc1)c1ccc(-c2[c-]cccc2)nc1.[2H]C([2H])(c1ccccc1)c1ccnc(-c2[c-]ccc(C(C)(C)C)c2)c1.[Ir]. The Labute approximate surface area is 275 Å². The Kier molecular flexibility index (Phi) is 9.44. The molecule has 0 aliphatic rings. The van der Waals surface area contributed by atoms with Gasteiger partial charge in [-0.15, -0.1) is 71.3 Å². The van der Waals surface area contributed by atoms with E-state index in [9.17, 15) is 0 Å². The molecule has 0 aliphatic heterocycles. The molecule has 0 saturated heterocycles. The zero-order chi connectivity index (χ0) is 32.8. The molecule has 2 aromatic heterocycles. The van der Waals surface area contributed by atoms with E-state index in [0.29, 0.717) is 22.3 Å². The predicted octanol–water partition coefficient (Wildman–Crippen LogP) is 9.57. The Morgan fingerprint density at radius 3 is 1.84 bits per heavy atom. The van der Waals surface area contributed by atoms with Crippen molar-refractivity contribution in [2.45, 2.75) is 38.9 Å². The summed E-state index contributed by atoms with van der Waals surface area (Å²) in [5.74, 6) is 0. The molecule has 6 rings (SSSR count). The van der Waals surface area contributed by atoms with E-state index in [0.717, 1.165) is 22.5 Å². The fourth-order valence-corrected chi connectivity index (χ4v) is 4.29. The molecule has 217 valence electrons. The Hall–Kier alpha value is -4.17. The second-order valence-corrected chi connectivity index (χ2v) is 10.9. The topological polar surface area (TPSA) is 25.8 Å². The third kappa shape index (κ3) is 9.41. The number of benzene rings is 4. The maximum absolute atomic E-state index is 8.54. The predicted molar refractivity (Wildman–Crippen MR) is 174 cm³/mol. The van der Waals surface area contributed by atoms with E-state index < -0.39 is 12.7 Å². The summed E-state index contributed by atoms with van der Waals surface area (Å²) >= 11 is 0. The van der Waals surface area contributed by atoms with Gasteiger partial charge in [-0.25, -0.2) is 0 Å². The summed E-state index contributed by atoms with van der Waals surface area (Å²) in [4.78, 5) is 8.81. The minimum atomic E-state index is -1.57. The summed E-state index contributed by atoms with van der Waals surface area (Å²) in [7, 11) is 0. The molecule has 0 spiro atoms. The van der Waals surface area contributed by atoms with Gasteiger partial charge in [0, 0.05) is 38.0 Å². The Morgan fingerprint density at radius 2 is 1.23 bits per heavy atom. The van der Waals surface area contributed by atoms with E-state index in [1.165, 1.54) is 5.56 Å². The van der Waals surface area contributed by atoms with E-state index in [-0.39, 0.29) is 25.5 Å². The second-order valence-electron chi connectivity index (χ2n) is 10.9. The van der Waals surface area contributed by atoms with Crippen LogP contribution in [-0.4, -0.2) is 9.97 Å². The number of hydrogen-bond donors (Lipinski definition) is 0. The zero-order valence-electron chi connectivity index (χ0n) is 28.5. The number of pyridine rings is 2. The molecule has 0 aliphatic carbocycles. The van der Waals surface area contributed by atoms with E-state index >= 15 is 0 Å². The Balaban J connectivity index is 0.000000211. The summed E-state index contributed by atoms with van der Waals surface area (Å²) in [6.45, 7) is 6.51. The van der Waals surface area contributed by atoms with Crippen LogP contribution in [0.1, 0.15) is 54.1 Å². The molecule has 0 atom stereocenters. The first-order valence-electron chi connectivity index (χ1n) is 16.0. The molecule has 2 nitrogen and oxygen atoms in total. The molecule has 0 amide bonds. The third-order valence-electron chi connectivity index (χ3n) is 6.58. The van der Waals surface area contributed by atoms with Crippen molar-refractivity contribution in [3.63, 3.8) is 0 Å². The van der Waals surface area contributed by atoms with Gasteiger partial charge in [0.25, 0.3) is 0 Å². The standard InChI is InChI=1S/C22H22N.C18H14N.Ir/c1-22(2,3)20-11-7-10-19(16-20)21-15-18(12-13-23-21)14-17-8-5-4-6-9-17;1-3-7-15(8-4-1)13-16-11-12-18(19-14-16)17-9-5-2-6-10-17;/h4-9,11-13,15-16H,14H2,1-3H3;1-9,11-12,14H,13H2;/q2*-1;/i14D2;13D2;. The summed E-state index contributed by atoms with van der Waals surface area (Å²) in [5, 5.41) is 0. The molecule has 3 heteroatoms. The van der Waals surface area contributed by atoms with E-state index in [2.05, 4.69) is 55.0 Å². The van der Waals surface area contributed by atoms with Gasteiger partial charge in [-0.05, 0) is 57.9 Å². The van der Waals surface area contributed by atoms with Crippen LogP contribution in [-0.2, 0) is 38.3 Å². The van der Waals surface area contributed by atoms with Gasteiger partial charge in [0.15, 0.2) is 0 Å². The van der Waals surface area contributed by atoms with Crippen molar-refractivity contribution in [2.24, 2.45) is 0 Å². The third-order valence-corrected chi connectivity index (χ3v) is 6.58. The molecule has 0 fully saturated rings. The number of nitrogens with zero attached hydrogens (tertiary/aromatic N) is 2. The molecular formula is C40H36IrN2-2. The van der Waals surface area contributed by atoms with Crippen LogP contribution in [0.3, 0.4) is 0 Å². The monoisotopic (exact) mass is 741 g/mol. The fraction of sp³-hybridized carbons (Fsp3) is 0.150. The van der Waals surface area contributed by atoms with Crippen molar-refractivity contribution in [1.82, 2.24) is 9.97 Å². The van der Waals surface area contributed by atoms with Crippen LogP contribution in [0.2, 0.25) is 0 Å². The van der Waals surface area contributed by atoms with Crippen LogP contribution in [0.15, 0.2) is 140 Å².